The lowest BCUT2D eigenvalue weighted by atomic mass is 10.1. The summed E-state index contributed by atoms with van der Waals surface area (Å²) in [5.74, 6) is -0.346. The first kappa shape index (κ1) is 25.3. The fraction of sp³-hybridized carbons (Fsp3) is 0.258. The quantitative estimate of drug-likeness (QED) is 0.331. The summed E-state index contributed by atoms with van der Waals surface area (Å²) in [7, 11) is 0. The van der Waals surface area contributed by atoms with Gasteiger partial charge in [0.1, 0.15) is 0 Å². The zero-order chi connectivity index (χ0) is 26.6. The van der Waals surface area contributed by atoms with Crippen molar-refractivity contribution in [2.24, 2.45) is 0 Å². The van der Waals surface area contributed by atoms with Crippen LogP contribution >= 0.6 is 0 Å². The van der Waals surface area contributed by atoms with E-state index < -0.39 is 5.97 Å². The van der Waals surface area contributed by atoms with Gasteiger partial charge in [0.05, 0.1) is 18.0 Å². The number of para-hydroxylation sites is 1. The third-order valence-electron chi connectivity index (χ3n) is 6.90. The highest BCUT2D eigenvalue weighted by molar-refractivity contribution is 5.94. The van der Waals surface area contributed by atoms with Crippen LogP contribution in [0.4, 0.5) is 5.69 Å². The summed E-state index contributed by atoms with van der Waals surface area (Å²) in [6.07, 6.45) is 0. The van der Waals surface area contributed by atoms with Gasteiger partial charge >= 0.3 is 5.97 Å². The smallest absolute Gasteiger partial charge is 0.358 e. The van der Waals surface area contributed by atoms with Gasteiger partial charge in [-0.1, -0.05) is 48.0 Å². The molecule has 0 aliphatic carbocycles. The SMILES string of the molecule is CCOC(=O)c1cc(-c2ccc(N3CCN(C(=O)c4cccc(C)c4)CC3)cc2)n(-c2ccccc2C)n1. The number of aromatic nitrogens is 2. The monoisotopic (exact) mass is 508 g/mol. The van der Waals surface area contributed by atoms with Crippen molar-refractivity contribution in [2.45, 2.75) is 20.8 Å². The first-order valence-corrected chi connectivity index (χ1v) is 13.0. The molecule has 7 nitrogen and oxygen atoms in total. The van der Waals surface area contributed by atoms with Crippen molar-refractivity contribution in [2.75, 3.05) is 37.7 Å². The van der Waals surface area contributed by atoms with Crippen molar-refractivity contribution < 1.29 is 14.3 Å². The van der Waals surface area contributed by atoms with Crippen molar-refractivity contribution in [1.82, 2.24) is 14.7 Å². The van der Waals surface area contributed by atoms with E-state index in [1.807, 2.05) is 72.0 Å². The number of anilines is 1. The van der Waals surface area contributed by atoms with Crippen molar-refractivity contribution >= 4 is 17.6 Å². The molecular formula is C31H32N4O3. The van der Waals surface area contributed by atoms with E-state index in [2.05, 4.69) is 34.3 Å². The third kappa shape index (κ3) is 5.18. The Balaban J connectivity index is 1.34. The molecule has 0 spiro atoms. The number of aryl methyl sites for hydroxylation is 2. The van der Waals surface area contributed by atoms with Crippen molar-refractivity contribution in [3.05, 3.63) is 101 Å². The predicted molar refractivity (Wildman–Crippen MR) is 149 cm³/mol. The molecular weight excluding hydrogens is 476 g/mol. The Bertz CT molecular complexity index is 1450. The number of esters is 1. The van der Waals surface area contributed by atoms with E-state index in [-0.39, 0.29) is 11.6 Å². The van der Waals surface area contributed by atoms with E-state index in [0.29, 0.717) is 19.7 Å². The van der Waals surface area contributed by atoms with Gasteiger partial charge in [0.2, 0.25) is 0 Å². The van der Waals surface area contributed by atoms with Gasteiger partial charge < -0.3 is 14.5 Å². The van der Waals surface area contributed by atoms with Crippen LogP contribution in [0, 0.1) is 13.8 Å². The number of hydrogen-bond donors (Lipinski definition) is 0. The first-order chi connectivity index (χ1) is 18.4. The highest BCUT2D eigenvalue weighted by atomic mass is 16.5. The van der Waals surface area contributed by atoms with Crippen LogP contribution in [0.1, 0.15) is 38.9 Å². The summed E-state index contributed by atoms with van der Waals surface area (Å²) in [5.41, 5.74) is 6.96. The maximum absolute atomic E-state index is 12.9. The Labute approximate surface area is 223 Å². The number of rotatable bonds is 6. The molecule has 1 aliphatic rings. The van der Waals surface area contributed by atoms with Crippen LogP contribution < -0.4 is 4.90 Å². The average molecular weight is 509 g/mol. The van der Waals surface area contributed by atoms with E-state index in [4.69, 9.17) is 4.74 Å². The van der Waals surface area contributed by atoms with E-state index in [1.54, 1.807) is 13.0 Å². The Morgan fingerprint density at radius 2 is 1.61 bits per heavy atom. The lowest BCUT2D eigenvalue weighted by Gasteiger charge is -2.36. The second kappa shape index (κ2) is 10.9. The van der Waals surface area contributed by atoms with Gasteiger partial charge in [-0.2, -0.15) is 5.10 Å². The van der Waals surface area contributed by atoms with Crippen LogP contribution in [0.25, 0.3) is 16.9 Å². The molecule has 4 aromatic rings. The van der Waals surface area contributed by atoms with Crippen LogP contribution in [-0.2, 0) is 4.74 Å². The summed E-state index contributed by atoms with van der Waals surface area (Å²) < 4.78 is 7.02. The lowest BCUT2D eigenvalue weighted by molar-refractivity contribution is 0.0518. The van der Waals surface area contributed by atoms with Gasteiger partial charge in [-0.3, -0.25) is 4.79 Å². The van der Waals surface area contributed by atoms with Crippen molar-refractivity contribution in [3.63, 3.8) is 0 Å². The van der Waals surface area contributed by atoms with Gasteiger partial charge in [-0.15, -0.1) is 0 Å². The molecule has 0 bridgehead atoms. The highest BCUT2D eigenvalue weighted by Crippen LogP contribution is 2.28. The molecule has 194 valence electrons. The molecule has 7 heteroatoms. The third-order valence-corrected chi connectivity index (χ3v) is 6.90. The van der Waals surface area contributed by atoms with E-state index in [9.17, 15) is 9.59 Å². The van der Waals surface area contributed by atoms with Gasteiger partial charge in [0.25, 0.3) is 5.91 Å². The Kier molecular flexibility index (Phi) is 7.26. The normalized spacial score (nSPS) is 13.4. The van der Waals surface area contributed by atoms with Crippen molar-refractivity contribution in [3.8, 4) is 16.9 Å². The molecule has 0 atom stereocenters. The summed E-state index contributed by atoms with van der Waals surface area (Å²) >= 11 is 0. The number of hydrogen-bond acceptors (Lipinski definition) is 5. The molecule has 3 aromatic carbocycles. The fourth-order valence-electron chi connectivity index (χ4n) is 4.85. The molecule has 1 amide bonds. The number of benzene rings is 3. The summed E-state index contributed by atoms with van der Waals surface area (Å²) in [6.45, 7) is 9.00. The molecule has 1 fully saturated rings. The number of ether oxygens (including phenoxy) is 1. The maximum atomic E-state index is 12.9. The number of nitrogens with zero attached hydrogens (tertiary/aromatic N) is 4. The molecule has 0 N–H and O–H groups in total. The molecule has 0 radical (unpaired) electrons. The zero-order valence-electron chi connectivity index (χ0n) is 22.1. The topological polar surface area (TPSA) is 67.7 Å². The largest absolute Gasteiger partial charge is 0.461 e. The van der Waals surface area contributed by atoms with Crippen molar-refractivity contribution in [1.29, 1.82) is 0 Å². The second-order valence-electron chi connectivity index (χ2n) is 9.53. The van der Waals surface area contributed by atoms with Gasteiger partial charge in [-0.25, -0.2) is 9.48 Å². The Hall–Kier alpha value is -4.39. The molecule has 38 heavy (non-hydrogen) atoms. The van der Waals surface area contributed by atoms with Crippen LogP contribution in [-0.4, -0.2) is 59.3 Å². The Morgan fingerprint density at radius 1 is 0.868 bits per heavy atom. The lowest BCUT2D eigenvalue weighted by Crippen LogP contribution is -2.48. The zero-order valence-corrected chi connectivity index (χ0v) is 22.1. The minimum atomic E-state index is -0.434. The number of amides is 1. The van der Waals surface area contributed by atoms with Crippen LogP contribution in [0.3, 0.4) is 0 Å². The van der Waals surface area contributed by atoms with E-state index in [0.717, 1.165) is 52.4 Å². The van der Waals surface area contributed by atoms with Gasteiger partial charge in [0, 0.05) is 43.0 Å². The summed E-state index contributed by atoms with van der Waals surface area (Å²) in [6, 6.07) is 25.8. The number of carbonyl (C=O) groups excluding carboxylic acids is 2. The van der Waals surface area contributed by atoms with Gasteiger partial charge in [-0.05, 0) is 62.7 Å². The van der Waals surface area contributed by atoms with Crippen LogP contribution in [0.5, 0.6) is 0 Å². The molecule has 1 aliphatic heterocycles. The average Bonchev–Trinajstić information content (AvgIpc) is 3.39. The standard InChI is InChI=1S/C31H32N4O3/c1-4-38-31(37)27-21-29(35(32-27)28-11-6-5-9-23(28)3)24-12-14-26(15-13-24)33-16-18-34(19-17-33)30(36)25-10-7-8-22(2)20-25/h5-15,20-21H,4,16-19H2,1-3H3. The van der Waals surface area contributed by atoms with E-state index >= 15 is 0 Å². The molecule has 5 rings (SSSR count). The first-order valence-electron chi connectivity index (χ1n) is 13.0. The van der Waals surface area contributed by atoms with Crippen LogP contribution in [0.15, 0.2) is 78.9 Å². The highest BCUT2D eigenvalue weighted by Gasteiger charge is 2.23. The molecule has 0 saturated carbocycles. The minimum absolute atomic E-state index is 0.0885. The maximum Gasteiger partial charge on any atom is 0.358 e. The Morgan fingerprint density at radius 3 is 2.29 bits per heavy atom. The summed E-state index contributed by atoms with van der Waals surface area (Å²) in [5, 5.41) is 4.60. The van der Waals surface area contributed by atoms with Gasteiger partial charge in [0.15, 0.2) is 5.69 Å². The van der Waals surface area contributed by atoms with Crippen LogP contribution in [0.2, 0.25) is 0 Å². The number of piperazine rings is 1. The molecule has 1 saturated heterocycles. The minimum Gasteiger partial charge on any atom is -0.461 e. The molecule has 1 aromatic heterocycles. The molecule has 0 unspecified atom stereocenters. The predicted octanol–water partition coefficient (Wildman–Crippen LogP) is 5.30. The fourth-order valence-corrected chi connectivity index (χ4v) is 4.85. The number of carbonyl (C=O) groups is 2. The molecule has 2 heterocycles. The summed E-state index contributed by atoms with van der Waals surface area (Å²) in [4.78, 5) is 29.6. The second-order valence-corrected chi connectivity index (χ2v) is 9.53. The van der Waals surface area contributed by atoms with E-state index in [1.165, 1.54) is 0 Å².